The summed E-state index contributed by atoms with van der Waals surface area (Å²) in [6, 6.07) is 17.1. The predicted molar refractivity (Wildman–Crippen MR) is 90.1 cm³/mol. The van der Waals surface area contributed by atoms with Crippen molar-refractivity contribution < 1.29 is 9.90 Å². The number of aryl methyl sites for hydroxylation is 1. The van der Waals surface area contributed by atoms with Crippen LogP contribution in [0.15, 0.2) is 54.6 Å². The molecule has 0 fully saturated rings. The lowest BCUT2D eigenvalue weighted by atomic mass is 10.0. The number of hydrogen-bond acceptors (Lipinski definition) is 3. The molecule has 0 aliphatic rings. The summed E-state index contributed by atoms with van der Waals surface area (Å²) in [5.41, 5.74) is 2.86. The first-order valence-electron chi connectivity index (χ1n) is 7.16. The van der Waals surface area contributed by atoms with E-state index in [4.69, 9.17) is 0 Å². The molecular formula is C19H17NO2. The maximum absolute atomic E-state index is 11.9. The zero-order valence-corrected chi connectivity index (χ0v) is 12.6. The summed E-state index contributed by atoms with van der Waals surface area (Å²) in [7, 11) is 0. The van der Waals surface area contributed by atoms with Crippen molar-refractivity contribution in [2.24, 2.45) is 0 Å². The van der Waals surface area contributed by atoms with Crippen molar-refractivity contribution in [1.82, 2.24) is 0 Å². The fraction of sp³-hybridized carbons (Fsp3) is 0.105. The van der Waals surface area contributed by atoms with E-state index in [1.165, 1.54) is 0 Å². The molecule has 0 aromatic heterocycles. The molecule has 0 saturated carbocycles. The molecule has 110 valence electrons. The van der Waals surface area contributed by atoms with E-state index in [1.807, 2.05) is 61.5 Å². The highest BCUT2D eigenvalue weighted by atomic mass is 16.3. The lowest BCUT2D eigenvalue weighted by Crippen LogP contribution is -2.03. The van der Waals surface area contributed by atoms with E-state index in [0.717, 1.165) is 16.3 Å². The van der Waals surface area contributed by atoms with Gasteiger partial charge in [-0.2, -0.15) is 0 Å². The van der Waals surface area contributed by atoms with Crippen molar-refractivity contribution in [2.75, 3.05) is 5.32 Å². The maximum atomic E-state index is 11.9. The number of carbonyl (C=O) groups excluding carboxylic acids is 1. The molecule has 0 aliphatic carbocycles. The molecule has 0 amide bonds. The highest BCUT2D eigenvalue weighted by molar-refractivity contribution is 6.02. The van der Waals surface area contributed by atoms with Gasteiger partial charge >= 0.3 is 0 Å². The monoisotopic (exact) mass is 291 g/mol. The standard InChI is InChI=1S/C19H17NO2/c1-12-6-5-9-16(18(12)13(2)21)20-17-11-10-14-7-3-4-8-15(14)19(17)22/h3-11,20,22H,1-2H3. The molecular weight excluding hydrogens is 274 g/mol. The van der Waals surface area contributed by atoms with Gasteiger partial charge in [-0.1, -0.05) is 42.5 Å². The molecule has 0 saturated heterocycles. The number of aromatic hydroxyl groups is 1. The molecule has 0 aliphatic heterocycles. The van der Waals surface area contributed by atoms with Gasteiger partial charge in [0.25, 0.3) is 0 Å². The molecule has 0 spiro atoms. The van der Waals surface area contributed by atoms with Crippen LogP contribution in [0.4, 0.5) is 11.4 Å². The fourth-order valence-corrected chi connectivity index (χ4v) is 2.74. The SMILES string of the molecule is CC(=O)c1c(C)cccc1Nc1ccc2ccccc2c1O. The number of phenolic OH excluding ortho intramolecular Hbond substituents is 1. The van der Waals surface area contributed by atoms with Crippen LogP contribution in [0, 0.1) is 6.92 Å². The quantitative estimate of drug-likeness (QED) is 0.538. The van der Waals surface area contributed by atoms with E-state index >= 15 is 0 Å². The van der Waals surface area contributed by atoms with Gasteiger partial charge in [0.15, 0.2) is 5.78 Å². The highest BCUT2D eigenvalue weighted by Crippen LogP contribution is 2.35. The number of anilines is 2. The topological polar surface area (TPSA) is 49.3 Å². The first-order valence-corrected chi connectivity index (χ1v) is 7.16. The molecule has 0 unspecified atom stereocenters. The molecule has 0 heterocycles. The maximum Gasteiger partial charge on any atom is 0.162 e. The first-order chi connectivity index (χ1) is 10.6. The molecule has 3 rings (SSSR count). The summed E-state index contributed by atoms with van der Waals surface area (Å²) in [4.78, 5) is 11.9. The van der Waals surface area contributed by atoms with Crippen LogP contribution < -0.4 is 5.32 Å². The van der Waals surface area contributed by atoms with Crippen LogP contribution in [0.3, 0.4) is 0 Å². The van der Waals surface area contributed by atoms with Crippen LogP contribution in [0.2, 0.25) is 0 Å². The molecule has 22 heavy (non-hydrogen) atoms. The minimum Gasteiger partial charge on any atom is -0.505 e. The van der Waals surface area contributed by atoms with Crippen molar-refractivity contribution in [1.29, 1.82) is 0 Å². The second-order valence-electron chi connectivity index (χ2n) is 5.36. The molecule has 3 aromatic carbocycles. The van der Waals surface area contributed by atoms with Gasteiger partial charge in [-0.15, -0.1) is 0 Å². The number of hydrogen-bond donors (Lipinski definition) is 2. The Morgan fingerprint density at radius 3 is 2.50 bits per heavy atom. The van der Waals surface area contributed by atoms with Crippen LogP contribution >= 0.6 is 0 Å². The Morgan fingerprint density at radius 1 is 0.955 bits per heavy atom. The minimum absolute atomic E-state index is 0.000814. The van der Waals surface area contributed by atoms with E-state index in [-0.39, 0.29) is 11.5 Å². The van der Waals surface area contributed by atoms with Crippen LogP contribution in [-0.4, -0.2) is 10.9 Å². The van der Waals surface area contributed by atoms with E-state index in [1.54, 1.807) is 6.92 Å². The Labute approximate surface area is 129 Å². The van der Waals surface area contributed by atoms with Gasteiger partial charge in [0.05, 0.1) is 5.69 Å². The number of carbonyl (C=O) groups is 1. The summed E-state index contributed by atoms with van der Waals surface area (Å²) in [5.74, 6) is 0.190. The van der Waals surface area contributed by atoms with Gasteiger partial charge in [0.1, 0.15) is 5.75 Å². The van der Waals surface area contributed by atoms with Crippen LogP contribution in [0.1, 0.15) is 22.8 Å². The van der Waals surface area contributed by atoms with E-state index in [2.05, 4.69) is 5.32 Å². The Kier molecular flexibility index (Phi) is 3.55. The molecule has 3 nitrogen and oxygen atoms in total. The third-order valence-corrected chi connectivity index (χ3v) is 3.79. The molecule has 0 atom stereocenters. The number of fused-ring (bicyclic) bond motifs is 1. The van der Waals surface area contributed by atoms with Crippen LogP contribution in [0.25, 0.3) is 10.8 Å². The zero-order valence-electron chi connectivity index (χ0n) is 12.6. The normalized spacial score (nSPS) is 10.6. The highest BCUT2D eigenvalue weighted by Gasteiger charge is 2.12. The van der Waals surface area contributed by atoms with Gasteiger partial charge < -0.3 is 10.4 Å². The molecule has 0 radical (unpaired) electrons. The smallest absolute Gasteiger partial charge is 0.162 e. The Balaban J connectivity index is 2.10. The average molecular weight is 291 g/mol. The molecule has 3 heteroatoms. The number of rotatable bonds is 3. The number of Topliss-reactive ketones (excluding diaryl/α,β-unsaturated/α-hetero) is 1. The number of nitrogens with one attached hydrogen (secondary N) is 1. The van der Waals surface area contributed by atoms with Gasteiger partial charge in [0.2, 0.25) is 0 Å². The first kappa shape index (κ1) is 14.1. The van der Waals surface area contributed by atoms with Crippen LogP contribution in [-0.2, 0) is 0 Å². The summed E-state index contributed by atoms with van der Waals surface area (Å²) in [6.07, 6.45) is 0. The third kappa shape index (κ3) is 2.42. The van der Waals surface area contributed by atoms with Crippen molar-refractivity contribution >= 4 is 27.9 Å². The van der Waals surface area contributed by atoms with E-state index in [0.29, 0.717) is 16.9 Å². The van der Waals surface area contributed by atoms with Crippen LogP contribution in [0.5, 0.6) is 5.75 Å². The number of ketones is 1. The average Bonchev–Trinajstić information content (AvgIpc) is 2.50. The van der Waals surface area contributed by atoms with Gasteiger partial charge in [-0.3, -0.25) is 4.79 Å². The number of phenols is 1. The minimum atomic E-state index is 0.000814. The summed E-state index contributed by atoms with van der Waals surface area (Å²) in [6.45, 7) is 3.45. The van der Waals surface area contributed by atoms with Gasteiger partial charge in [-0.05, 0) is 36.9 Å². The zero-order chi connectivity index (χ0) is 15.7. The molecule has 3 aromatic rings. The summed E-state index contributed by atoms with van der Waals surface area (Å²) in [5, 5.41) is 15.4. The predicted octanol–water partition coefficient (Wildman–Crippen LogP) is 4.80. The van der Waals surface area contributed by atoms with Crippen molar-refractivity contribution in [3.8, 4) is 5.75 Å². The second-order valence-corrected chi connectivity index (χ2v) is 5.36. The molecule has 0 bridgehead atoms. The third-order valence-electron chi connectivity index (χ3n) is 3.79. The Hall–Kier alpha value is -2.81. The van der Waals surface area contributed by atoms with Crippen molar-refractivity contribution in [3.05, 3.63) is 65.7 Å². The van der Waals surface area contributed by atoms with E-state index in [9.17, 15) is 9.90 Å². The van der Waals surface area contributed by atoms with Gasteiger partial charge in [0, 0.05) is 16.6 Å². The Morgan fingerprint density at radius 2 is 1.73 bits per heavy atom. The lowest BCUT2D eigenvalue weighted by Gasteiger charge is -2.14. The van der Waals surface area contributed by atoms with Crippen molar-refractivity contribution in [3.63, 3.8) is 0 Å². The number of benzene rings is 3. The Bertz CT molecular complexity index is 868. The van der Waals surface area contributed by atoms with E-state index < -0.39 is 0 Å². The molecule has 2 N–H and O–H groups in total. The van der Waals surface area contributed by atoms with Gasteiger partial charge in [-0.25, -0.2) is 0 Å². The fourth-order valence-electron chi connectivity index (χ4n) is 2.74. The van der Waals surface area contributed by atoms with Crippen molar-refractivity contribution in [2.45, 2.75) is 13.8 Å². The summed E-state index contributed by atoms with van der Waals surface area (Å²) >= 11 is 0. The summed E-state index contributed by atoms with van der Waals surface area (Å²) < 4.78 is 0. The second kappa shape index (κ2) is 5.53. The lowest BCUT2D eigenvalue weighted by molar-refractivity contribution is 0.101. The largest absolute Gasteiger partial charge is 0.505 e.